The molecular formula is C19H38N2O4S. The molecule has 0 radical (unpaired) electrons. The van der Waals surface area contributed by atoms with Crippen LogP contribution in [-0.4, -0.2) is 24.8 Å². The second kappa shape index (κ2) is 16.3. The minimum absolute atomic E-state index is 0.808. The van der Waals surface area contributed by atoms with Gasteiger partial charge in [-0.05, 0) is 6.42 Å². The Morgan fingerprint density at radius 3 is 1.69 bits per heavy atom. The highest BCUT2D eigenvalue weighted by atomic mass is 32.3. The van der Waals surface area contributed by atoms with Crippen molar-refractivity contribution in [2.75, 3.05) is 7.11 Å². The third-order valence-corrected chi connectivity index (χ3v) is 4.82. The topological polar surface area (TPSA) is 75.2 Å². The number of aryl methyl sites for hydroxylation is 2. The maximum atomic E-state index is 9.22. The Morgan fingerprint density at radius 1 is 0.923 bits per heavy atom. The molecule has 1 aromatic heterocycles. The minimum atomic E-state index is -4.41. The molecule has 0 fully saturated rings. The fourth-order valence-electron chi connectivity index (χ4n) is 2.80. The molecule has 0 bridgehead atoms. The number of hydrogen-bond donors (Lipinski definition) is 0. The van der Waals surface area contributed by atoms with Gasteiger partial charge < -0.3 is 4.55 Å². The average molecular weight is 391 g/mol. The van der Waals surface area contributed by atoms with Crippen molar-refractivity contribution >= 4 is 10.4 Å². The van der Waals surface area contributed by atoms with Crippen LogP contribution in [0.25, 0.3) is 0 Å². The highest BCUT2D eigenvalue weighted by Crippen LogP contribution is 2.12. The fourth-order valence-corrected chi connectivity index (χ4v) is 2.80. The predicted octanol–water partition coefficient (Wildman–Crippen LogP) is 4.11. The zero-order chi connectivity index (χ0) is 19.7. The van der Waals surface area contributed by atoms with Crippen LogP contribution in [0.2, 0.25) is 0 Å². The van der Waals surface area contributed by atoms with Crippen LogP contribution in [0.4, 0.5) is 0 Å². The molecule has 6 nitrogen and oxygen atoms in total. The minimum Gasteiger partial charge on any atom is -0.726 e. The molecule has 1 heterocycles. The molecule has 0 aliphatic heterocycles. The van der Waals surface area contributed by atoms with Crippen molar-refractivity contribution in [3.63, 3.8) is 0 Å². The molecule has 1 rings (SSSR count). The van der Waals surface area contributed by atoms with Gasteiger partial charge >= 0.3 is 0 Å². The lowest BCUT2D eigenvalue weighted by molar-refractivity contribution is -0.753. The molecule has 0 atom stereocenters. The summed E-state index contributed by atoms with van der Waals surface area (Å²) in [6.45, 7) is 3.46. The molecule has 0 aliphatic rings. The monoisotopic (exact) mass is 390 g/mol. The van der Waals surface area contributed by atoms with E-state index in [0.29, 0.717) is 0 Å². The molecule has 0 N–H and O–H groups in total. The molecule has 0 unspecified atom stereocenters. The number of hydrogen-bond acceptors (Lipinski definition) is 4. The number of nitrogens with zero attached hydrogens (tertiary/aromatic N) is 2. The molecule has 0 saturated heterocycles. The molecule has 0 aromatic carbocycles. The molecule has 0 saturated carbocycles. The lowest BCUT2D eigenvalue weighted by Crippen LogP contribution is -2.37. The molecule has 7 heteroatoms. The van der Waals surface area contributed by atoms with Crippen molar-refractivity contribution in [1.82, 2.24) is 4.68 Å². The Morgan fingerprint density at radius 2 is 1.35 bits per heavy atom. The molecule has 0 aliphatic carbocycles. The second-order valence-electron chi connectivity index (χ2n) is 6.69. The summed E-state index contributed by atoms with van der Waals surface area (Å²) in [5.74, 6) is 0. The Labute approximate surface area is 160 Å². The lowest BCUT2D eigenvalue weighted by Gasteiger charge is -2.03. The zero-order valence-electron chi connectivity index (χ0n) is 16.9. The third-order valence-electron chi connectivity index (χ3n) is 4.41. The zero-order valence-corrected chi connectivity index (χ0v) is 17.7. The molecule has 154 valence electrons. The summed E-state index contributed by atoms with van der Waals surface area (Å²) in [5.41, 5.74) is 0. The molecular weight excluding hydrogens is 352 g/mol. The van der Waals surface area contributed by atoms with Crippen molar-refractivity contribution in [1.29, 1.82) is 0 Å². The van der Waals surface area contributed by atoms with Crippen molar-refractivity contribution in [3.05, 3.63) is 18.5 Å². The summed E-state index contributed by atoms with van der Waals surface area (Å²) in [6.07, 6.45) is 21.4. The summed E-state index contributed by atoms with van der Waals surface area (Å²) in [7, 11) is -1.49. The first-order valence-corrected chi connectivity index (χ1v) is 11.3. The summed E-state index contributed by atoms with van der Waals surface area (Å²) < 4.78 is 35.5. The highest BCUT2D eigenvalue weighted by Gasteiger charge is 2.00. The first-order chi connectivity index (χ1) is 12.4. The lowest BCUT2D eigenvalue weighted by atomic mass is 10.1. The van der Waals surface area contributed by atoms with Gasteiger partial charge in [-0.1, -0.05) is 77.6 Å². The third kappa shape index (κ3) is 16.5. The Bertz CT molecular complexity index is 529. The van der Waals surface area contributed by atoms with E-state index >= 15 is 0 Å². The Hall–Kier alpha value is -0.920. The normalized spacial score (nSPS) is 11.2. The van der Waals surface area contributed by atoms with E-state index in [1.54, 1.807) is 0 Å². The van der Waals surface area contributed by atoms with Crippen LogP contribution in [-0.2, 0) is 28.2 Å². The van der Waals surface area contributed by atoms with Crippen molar-refractivity contribution in [2.24, 2.45) is 7.05 Å². The van der Waals surface area contributed by atoms with E-state index in [0.717, 1.165) is 7.11 Å². The van der Waals surface area contributed by atoms with Crippen molar-refractivity contribution < 1.29 is 21.8 Å². The maximum absolute atomic E-state index is 9.22. The van der Waals surface area contributed by atoms with Gasteiger partial charge in [0.25, 0.3) is 0 Å². The van der Waals surface area contributed by atoms with Crippen LogP contribution in [0.15, 0.2) is 18.5 Å². The summed E-state index contributed by atoms with van der Waals surface area (Å²) in [4.78, 5) is 0. The Balaban J connectivity index is 0.000000896. The van der Waals surface area contributed by atoms with Gasteiger partial charge in [0.1, 0.15) is 0 Å². The molecule has 26 heavy (non-hydrogen) atoms. The first kappa shape index (κ1) is 25.1. The van der Waals surface area contributed by atoms with Gasteiger partial charge in [-0.25, -0.2) is 8.42 Å². The van der Waals surface area contributed by atoms with Gasteiger partial charge in [-0.2, -0.15) is 4.68 Å². The van der Waals surface area contributed by atoms with E-state index in [1.165, 1.54) is 83.6 Å². The van der Waals surface area contributed by atoms with Gasteiger partial charge in [-0.15, -0.1) is 4.68 Å². The van der Waals surface area contributed by atoms with E-state index in [1.807, 2.05) is 0 Å². The standard InChI is InChI=1S/C18H35N2.CH4O4S/c1-3-4-5-6-7-8-9-10-11-12-13-14-17-20-18-15-16-19(20)2;1-5-6(2,3)4/h15-16,18H,3-14,17H2,1-2H3;1H3,(H,2,3,4)/q+1;/p-1. The Kier molecular flexibility index (Phi) is 15.7. The van der Waals surface area contributed by atoms with Crippen molar-refractivity contribution in [3.8, 4) is 0 Å². The number of rotatable bonds is 14. The van der Waals surface area contributed by atoms with Gasteiger partial charge in [0.2, 0.25) is 10.4 Å². The van der Waals surface area contributed by atoms with Crippen LogP contribution in [0, 0.1) is 0 Å². The molecule has 0 amide bonds. The summed E-state index contributed by atoms with van der Waals surface area (Å²) in [5, 5.41) is 0. The fraction of sp³-hybridized carbons (Fsp3) is 0.842. The predicted molar refractivity (Wildman–Crippen MR) is 103 cm³/mol. The van der Waals surface area contributed by atoms with Crippen molar-refractivity contribution in [2.45, 2.75) is 90.5 Å². The maximum Gasteiger partial charge on any atom is 0.217 e. The molecule has 1 aromatic rings. The number of aromatic nitrogens is 2. The van der Waals surface area contributed by atoms with Gasteiger partial charge in [-0.3, -0.25) is 4.18 Å². The van der Waals surface area contributed by atoms with E-state index in [2.05, 4.69) is 46.0 Å². The molecule has 0 spiro atoms. The quantitative estimate of drug-likeness (QED) is 0.207. The second-order valence-corrected chi connectivity index (χ2v) is 7.84. The largest absolute Gasteiger partial charge is 0.726 e. The van der Waals surface area contributed by atoms with E-state index in [9.17, 15) is 13.0 Å². The SMILES string of the molecule is CCCCCCCCCCCCCCn1ccc[n+]1C.COS(=O)(=O)[O-]. The van der Waals surface area contributed by atoms with E-state index in [-0.39, 0.29) is 0 Å². The van der Waals surface area contributed by atoms with Crippen LogP contribution in [0.5, 0.6) is 0 Å². The van der Waals surface area contributed by atoms with E-state index in [4.69, 9.17) is 0 Å². The average Bonchev–Trinajstić information content (AvgIpc) is 3.01. The summed E-state index contributed by atoms with van der Waals surface area (Å²) in [6, 6.07) is 2.11. The highest BCUT2D eigenvalue weighted by molar-refractivity contribution is 7.80. The van der Waals surface area contributed by atoms with Crippen LogP contribution >= 0.6 is 0 Å². The van der Waals surface area contributed by atoms with Crippen LogP contribution in [0.3, 0.4) is 0 Å². The smallest absolute Gasteiger partial charge is 0.217 e. The first-order valence-electron chi connectivity index (χ1n) is 9.93. The van der Waals surface area contributed by atoms with Crippen LogP contribution < -0.4 is 4.68 Å². The van der Waals surface area contributed by atoms with E-state index < -0.39 is 10.4 Å². The van der Waals surface area contributed by atoms with Crippen LogP contribution in [0.1, 0.15) is 84.0 Å². The van der Waals surface area contributed by atoms with Gasteiger partial charge in [0.15, 0.2) is 13.2 Å². The van der Waals surface area contributed by atoms with Gasteiger partial charge in [0.05, 0.1) is 19.9 Å². The summed E-state index contributed by atoms with van der Waals surface area (Å²) >= 11 is 0. The number of unbranched alkanes of at least 4 members (excludes halogenated alkanes) is 11. The van der Waals surface area contributed by atoms with Gasteiger partial charge in [0, 0.05) is 6.07 Å².